The highest BCUT2D eigenvalue weighted by atomic mass is 16.5. The summed E-state index contributed by atoms with van der Waals surface area (Å²) >= 11 is 0. The Morgan fingerprint density at radius 3 is 3.00 bits per heavy atom. The van der Waals surface area contributed by atoms with Gasteiger partial charge in [0.05, 0.1) is 12.0 Å². The largest absolute Gasteiger partial charge is 0.384 e. The molecule has 104 valence electrons. The van der Waals surface area contributed by atoms with Crippen molar-refractivity contribution in [2.45, 2.75) is 32.6 Å². The summed E-state index contributed by atoms with van der Waals surface area (Å²) in [6.07, 6.45) is 4.25. The van der Waals surface area contributed by atoms with Gasteiger partial charge in [-0.2, -0.15) is 0 Å². The van der Waals surface area contributed by atoms with Gasteiger partial charge in [0.1, 0.15) is 0 Å². The molecule has 1 N–H and O–H groups in total. The number of nitrogens with one attached hydrogen (secondary N) is 1. The lowest BCUT2D eigenvalue weighted by atomic mass is 9.82. The molecule has 2 saturated heterocycles. The molecule has 0 spiro atoms. The Bertz CT molecular complexity index is 286. The first-order chi connectivity index (χ1) is 8.72. The second-order valence-corrected chi connectivity index (χ2v) is 5.78. The molecule has 0 saturated carbocycles. The SMILES string of the molecule is CCC1(C(=O)N2CCCC(COC)C2)CCNC1. The van der Waals surface area contributed by atoms with Crippen LogP contribution in [-0.2, 0) is 9.53 Å². The van der Waals surface area contributed by atoms with Gasteiger partial charge < -0.3 is 15.0 Å². The van der Waals surface area contributed by atoms with Crippen LogP contribution in [0.3, 0.4) is 0 Å². The summed E-state index contributed by atoms with van der Waals surface area (Å²) in [5.41, 5.74) is -0.130. The molecule has 2 aliphatic heterocycles. The number of hydrogen-bond acceptors (Lipinski definition) is 3. The van der Waals surface area contributed by atoms with E-state index in [-0.39, 0.29) is 5.41 Å². The molecule has 0 aliphatic carbocycles. The van der Waals surface area contributed by atoms with Crippen molar-refractivity contribution in [2.75, 3.05) is 39.9 Å². The first-order valence-corrected chi connectivity index (χ1v) is 7.21. The van der Waals surface area contributed by atoms with Crippen molar-refractivity contribution in [1.29, 1.82) is 0 Å². The third-order valence-electron chi connectivity index (χ3n) is 4.58. The van der Waals surface area contributed by atoms with E-state index in [4.69, 9.17) is 4.74 Å². The predicted octanol–water partition coefficient (Wildman–Crippen LogP) is 1.26. The van der Waals surface area contributed by atoms with Crippen molar-refractivity contribution in [2.24, 2.45) is 11.3 Å². The summed E-state index contributed by atoms with van der Waals surface area (Å²) in [5, 5.41) is 3.35. The lowest BCUT2D eigenvalue weighted by Crippen LogP contribution is -2.49. The van der Waals surface area contributed by atoms with Gasteiger partial charge in [-0.3, -0.25) is 4.79 Å². The molecule has 18 heavy (non-hydrogen) atoms. The number of amides is 1. The Morgan fingerprint density at radius 1 is 1.56 bits per heavy atom. The van der Waals surface area contributed by atoms with E-state index in [1.807, 2.05) is 0 Å². The third-order valence-corrected chi connectivity index (χ3v) is 4.58. The topological polar surface area (TPSA) is 41.6 Å². The number of likely N-dealkylation sites (tertiary alicyclic amines) is 1. The molecular formula is C14H26N2O2. The number of methoxy groups -OCH3 is 1. The van der Waals surface area contributed by atoms with Crippen molar-refractivity contribution >= 4 is 5.91 Å². The fraction of sp³-hybridized carbons (Fsp3) is 0.929. The Kier molecular flexibility index (Phi) is 4.62. The second-order valence-electron chi connectivity index (χ2n) is 5.78. The Balaban J connectivity index is 1.99. The lowest BCUT2D eigenvalue weighted by Gasteiger charge is -2.38. The Labute approximate surface area is 110 Å². The molecule has 4 heteroatoms. The maximum atomic E-state index is 12.7. The standard InChI is InChI=1S/C14H26N2O2/c1-3-14(6-7-15-11-14)13(17)16-8-4-5-12(9-16)10-18-2/h12,15H,3-11H2,1-2H3. The van der Waals surface area contributed by atoms with Crippen LogP contribution >= 0.6 is 0 Å². The van der Waals surface area contributed by atoms with Crippen LogP contribution in [0.2, 0.25) is 0 Å². The fourth-order valence-electron chi connectivity index (χ4n) is 3.34. The van der Waals surface area contributed by atoms with Crippen molar-refractivity contribution in [3.8, 4) is 0 Å². The van der Waals surface area contributed by atoms with Crippen molar-refractivity contribution in [3.05, 3.63) is 0 Å². The van der Waals surface area contributed by atoms with Gasteiger partial charge in [0.15, 0.2) is 0 Å². The lowest BCUT2D eigenvalue weighted by molar-refractivity contribution is -0.143. The predicted molar refractivity (Wildman–Crippen MR) is 71.4 cm³/mol. The molecule has 2 fully saturated rings. The minimum atomic E-state index is -0.130. The van der Waals surface area contributed by atoms with E-state index in [1.165, 1.54) is 6.42 Å². The Hall–Kier alpha value is -0.610. The highest BCUT2D eigenvalue weighted by Crippen LogP contribution is 2.33. The minimum absolute atomic E-state index is 0.130. The van der Waals surface area contributed by atoms with Gasteiger partial charge in [-0.1, -0.05) is 6.92 Å². The quantitative estimate of drug-likeness (QED) is 0.821. The molecule has 0 bridgehead atoms. The van der Waals surface area contributed by atoms with Crippen molar-refractivity contribution < 1.29 is 9.53 Å². The fourth-order valence-corrected chi connectivity index (χ4v) is 3.34. The zero-order chi connectivity index (χ0) is 13.0. The normalized spacial score (nSPS) is 32.8. The number of piperidine rings is 1. The van der Waals surface area contributed by atoms with Crippen molar-refractivity contribution in [3.63, 3.8) is 0 Å². The van der Waals surface area contributed by atoms with Gasteiger partial charge in [-0.25, -0.2) is 0 Å². The highest BCUT2D eigenvalue weighted by Gasteiger charge is 2.42. The van der Waals surface area contributed by atoms with Gasteiger partial charge in [-0.15, -0.1) is 0 Å². The molecule has 2 aliphatic rings. The summed E-state index contributed by atoms with van der Waals surface area (Å²) in [5.74, 6) is 0.895. The molecule has 2 atom stereocenters. The minimum Gasteiger partial charge on any atom is -0.384 e. The van der Waals surface area contributed by atoms with Crippen LogP contribution in [0, 0.1) is 11.3 Å². The number of carbonyl (C=O) groups is 1. The molecule has 2 unspecified atom stereocenters. The third kappa shape index (κ3) is 2.69. The number of hydrogen-bond donors (Lipinski definition) is 1. The van der Waals surface area contributed by atoms with E-state index >= 15 is 0 Å². The summed E-state index contributed by atoms with van der Waals surface area (Å²) in [6, 6.07) is 0. The number of nitrogens with zero attached hydrogens (tertiary/aromatic N) is 1. The summed E-state index contributed by atoms with van der Waals surface area (Å²) in [7, 11) is 1.75. The number of ether oxygens (including phenoxy) is 1. The molecule has 1 amide bonds. The smallest absolute Gasteiger partial charge is 0.230 e. The number of rotatable bonds is 4. The first-order valence-electron chi connectivity index (χ1n) is 7.21. The average molecular weight is 254 g/mol. The van der Waals surface area contributed by atoms with Gasteiger partial charge in [0.25, 0.3) is 0 Å². The molecule has 0 aromatic rings. The summed E-state index contributed by atoms with van der Waals surface area (Å²) in [6.45, 7) is 6.57. The zero-order valence-electron chi connectivity index (χ0n) is 11.7. The zero-order valence-corrected chi connectivity index (χ0v) is 11.7. The van der Waals surface area contributed by atoms with Crippen molar-refractivity contribution in [1.82, 2.24) is 10.2 Å². The van der Waals surface area contributed by atoms with E-state index in [0.717, 1.165) is 52.0 Å². The van der Waals surface area contributed by atoms with Gasteiger partial charge in [-0.05, 0) is 38.1 Å². The molecule has 0 radical (unpaired) electrons. The van der Waals surface area contributed by atoms with E-state index in [0.29, 0.717) is 11.8 Å². The summed E-state index contributed by atoms with van der Waals surface area (Å²) in [4.78, 5) is 14.8. The molecule has 2 rings (SSSR count). The molecule has 0 aromatic carbocycles. The first kappa shape index (κ1) is 13.8. The second kappa shape index (κ2) is 6.02. The van der Waals surface area contributed by atoms with Crippen LogP contribution in [0.4, 0.5) is 0 Å². The van der Waals surface area contributed by atoms with E-state index in [1.54, 1.807) is 7.11 Å². The maximum absolute atomic E-state index is 12.7. The molecular weight excluding hydrogens is 228 g/mol. The van der Waals surface area contributed by atoms with Gasteiger partial charge in [0, 0.05) is 26.7 Å². The number of carbonyl (C=O) groups excluding carboxylic acids is 1. The van der Waals surface area contributed by atoms with Gasteiger partial charge in [0.2, 0.25) is 5.91 Å². The van der Waals surface area contributed by atoms with Crippen LogP contribution in [0.1, 0.15) is 32.6 Å². The van der Waals surface area contributed by atoms with Gasteiger partial charge >= 0.3 is 0 Å². The monoisotopic (exact) mass is 254 g/mol. The van der Waals surface area contributed by atoms with Crippen LogP contribution in [0.15, 0.2) is 0 Å². The molecule has 4 nitrogen and oxygen atoms in total. The van der Waals surface area contributed by atoms with Crippen LogP contribution in [0.5, 0.6) is 0 Å². The molecule has 2 heterocycles. The Morgan fingerprint density at radius 2 is 2.39 bits per heavy atom. The summed E-state index contributed by atoms with van der Waals surface area (Å²) < 4.78 is 5.24. The van der Waals surface area contributed by atoms with Crippen LogP contribution in [-0.4, -0.2) is 50.7 Å². The van der Waals surface area contributed by atoms with E-state index in [9.17, 15) is 4.79 Å². The maximum Gasteiger partial charge on any atom is 0.230 e. The van der Waals surface area contributed by atoms with Crippen LogP contribution < -0.4 is 5.32 Å². The molecule has 0 aromatic heterocycles. The van der Waals surface area contributed by atoms with Crippen LogP contribution in [0.25, 0.3) is 0 Å². The average Bonchev–Trinajstić information content (AvgIpc) is 2.88. The van der Waals surface area contributed by atoms with E-state index < -0.39 is 0 Å². The van der Waals surface area contributed by atoms with E-state index in [2.05, 4.69) is 17.1 Å². The highest BCUT2D eigenvalue weighted by molar-refractivity contribution is 5.83.